The molecule has 2 bridgehead atoms. The number of aromatic nitrogens is 5. The Morgan fingerprint density at radius 2 is 2.03 bits per heavy atom. The van der Waals surface area contributed by atoms with E-state index in [-0.39, 0.29) is 11.7 Å². The summed E-state index contributed by atoms with van der Waals surface area (Å²) in [6.07, 6.45) is 5.12. The number of benzene rings is 1. The Hall–Kier alpha value is -3.68. The van der Waals surface area contributed by atoms with Gasteiger partial charge in [-0.05, 0) is 51.0 Å². The molecule has 4 aromatic rings. The molecule has 0 fully saturated rings. The van der Waals surface area contributed by atoms with Crippen LogP contribution in [0.4, 0.5) is 10.2 Å². The number of halogens is 1. The van der Waals surface area contributed by atoms with E-state index >= 15 is 0 Å². The van der Waals surface area contributed by atoms with Gasteiger partial charge in [-0.2, -0.15) is 10.2 Å². The first-order valence-corrected chi connectivity index (χ1v) is 11.3. The van der Waals surface area contributed by atoms with Crippen molar-refractivity contribution in [3.8, 4) is 28.3 Å². The standard InChI is InChI=1S/C25H25FN6O/c1-4-32-23-14-9-21(25(27)28-11-14)33-13(2)18-10-15(26)5-6-17(18)24-19(12-29-31(24)3)16-7-8-20(30-32)22(16)23/h5-6,9-13,16H,4,7-8H2,1-3H3,(H2,27,28)/t13-,16?/m1/s1. The Morgan fingerprint density at radius 1 is 1.18 bits per heavy atom. The van der Waals surface area contributed by atoms with Crippen LogP contribution in [0.5, 0.6) is 5.75 Å². The number of nitrogen functional groups attached to an aromatic ring is 1. The highest BCUT2D eigenvalue weighted by Crippen LogP contribution is 2.48. The number of nitrogens with zero attached hydrogens (tertiary/aromatic N) is 5. The summed E-state index contributed by atoms with van der Waals surface area (Å²) in [5, 5.41) is 9.55. The fourth-order valence-electron chi connectivity index (χ4n) is 5.40. The Kier molecular flexibility index (Phi) is 4.33. The first kappa shape index (κ1) is 20.0. The van der Waals surface area contributed by atoms with Crippen LogP contribution in [0.15, 0.2) is 36.7 Å². The second kappa shape index (κ2) is 7.16. The molecule has 0 amide bonds. The molecule has 2 atom stereocenters. The summed E-state index contributed by atoms with van der Waals surface area (Å²) >= 11 is 0. The van der Waals surface area contributed by atoms with E-state index in [2.05, 4.69) is 17.0 Å². The van der Waals surface area contributed by atoms with Crippen molar-refractivity contribution in [3.05, 3.63) is 64.9 Å². The fraction of sp³-hybridized carbons (Fsp3) is 0.320. The second-order valence-electron chi connectivity index (χ2n) is 8.79. The first-order valence-electron chi connectivity index (χ1n) is 11.3. The van der Waals surface area contributed by atoms with Crippen LogP contribution in [0, 0.1) is 5.82 Å². The molecule has 2 aliphatic rings. The maximum absolute atomic E-state index is 14.4. The van der Waals surface area contributed by atoms with Gasteiger partial charge in [-0.25, -0.2) is 9.37 Å². The van der Waals surface area contributed by atoms with Crippen LogP contribution in [-0.4, -0.2) is 24.5 Å². The van der Waals surface area contributed by atoms with Gasteiger partial charge in [0.2, 0.25) is 0 Å². The van der Waals surface area contributed by atoms with Crippen molar-refractivity contribution in [3.63, 3.8) is 0 Å². The molecular weight excluding hydrogens is 419 g/mol. The largest absolute Gasteiger partial charge is 0.482 e. The Bertz CT molecular complexity index is 1400. The minimum atomic E-state index is -0.452. The molecule has 168 valence electrons. The van der Waals surface area contributed by atoms with E-state index in [4.69, 9.17) is 15.6 Å². The molecule has 1 aliphatic carbocycles. The smallest absolute Gasteiger partial charge is 0.166 e. The van der Waals surface area contributed by atoms with Gasteiger partial charge in [0.25, 0.3) is 0 Å². The van der Waals surface area contributed by atoms with E-state index in [9.17, 15) is 4.39 Å². The molecule has 1 aliphatic heterocycles. The van der Waals surface area contributed by atoms with Crippen LogP contribution in [0.3, 0.4) is 0 Å². The van der Waals surface area contributed by atoms with Crippen LogP contribution >= 0.6 is 0 Å². The Labute approximate surface area is 191 Å². The van der Waals surface area contributed by atoms with Crippen molar-refractivity contribution in [1.82, 2.24) is 24.5 Å². The third-order valence-electron chi connectivity index (χ3n) is 6.89. The number of aryl methyl sites for hydroxylation is 3. The van der Waals surface area contributed by atoms with Crippen molar-refractivity contribution in [2.45, 2.75) is 45.3 Å². The van der Waals surface area contributed by atoms with Crippen LogP contribution in [-0.2, 0) is 20.0 Å². The summed E-state index contributed by atoms with van der Waals surface area (Å²) < 4.78 is 24.6. The summed E-state index contributed by atoms with van der Waals surface area (Å²) in [4.78, 5) is 4.44. The predicted molar refractivity (Wildman–Crippen MR) is 123 cm³/mol. The van der Waals surface area contributed by atoms with Crippen molar-refractivity contribution >= 4 is 5.82 Å². The van der Waals surface area contributed by atoms with E-state index in [0.29, 0.717) is 11.6 Å². The molecule has 8 heteroatoms. The van der Waals surface area contributed by atoms with E-state index in [1.165, 1.54) is 17.7 Å². The summed E-state index contributed by atoms with van der Waals surface area (Å²) in [6.45, 7) is 4.74. The number of fused-ring (bicyclic) bond motifs is 7. The topological polar surface area (TPSA) is 83.8 Å². The van der Waals surface area contributed by atoms with E-state index in [0.717, 1.165) is 58.7 Å². The molecule has 1 unspecified atom stereocenters. The Balaban J connectivity index is 1.71. The summed E-state index contributed by atoms with van der Waals surface area (Å²) in [5.74, 6) is 0.605. The zero-order chi connectivity index (χ0) is 22.9. The lowest BCUT2D eigenvalue weighted by molar-refractivity contribution is 0.227. The van der Waals surface area contributed by atoms with Crippen LogP contribution in [0.2, 0.25) is 0 Å². The summed E-state index contributed by atoms with van der Waals surface area (Å²) in [5.41, 5.74) is 14.2. The van der Waals surface area contributed by atoms with Crippen LogP contribution in [0.25, 0.3) is 22.5 Å². The third kappa shape index (κ3) is 2.90. The maximum atomic E-state index is 14.4. The zero-order valence-corrected chi connectivity index (χ0v) is 18.8. The van der Waals surface area contributed by atoms with Crippen molar-refractivity contribution in [1.29, 1.82) is 0 Å². The van der Waals surface area contributed by atoms with Gasteiger partial charge in [0, 0.05) is 53.5 Å². The minimum Gasteiger partial charge on any atom is -0.482 e. The molecular formula is C25H25FN6O. The molecule has 0 saturated carbocycles. The van der Waals surface area contributed by atoms with Gasteiger partial charge < -0.3 is 10.5 Å². The first-order chi connectivity index (χ1) is 16.0. The van der Waals surface area contributed by atoms with Crippen molar-refractivity contribution in [2.75, 3.05) is 5.73 Å². The van der Waals surface area contributed by atoms with Crippen molar-refractivity contribution < 1.29 is 9.13 Å². The number of anilines is 1. The lowest BCUT2D eigenvalue weighted by Crippen LogP contribution is -2.11. The molecule has 2 N–H and O–H groups in total. The number of nitrogens with two attached hydrogens (primary N) is 1. The quantitative estimate of drug-likeness (QED) is 0.463. The normalized spacial score (nSPS) is 18.5. The molecule has 0 radical (unpaired) electrons. The van der Waals surface area contributed by atoms with Gasteiger partial charge in [0.1, 0.15) is 11.9 Å². The van der Waals surface area contributed by atoms with E-state index in [1.54, 1.807) is 6.20 Å². The monoisotopic (exact) mass is 444 g/mol. The minimum absolute atomic E-state index is 0.133. The zero-order valence-electron chi connectivity index (χ0n) is 18.8. The van der Waals surface area contributed by atoms with Gasteiger partial charge in [-0.3, -0.25) is 9.36 Å². The van der Waals surface area contributed by atoms with E-state index in [1.807, 2.05) is 41.7 Å². The summed E-state index contributed by atoms with van der Waals surface area (Å²) in [7, 11) is 1.93. The lowest BCUT2D eigenvalue weighted by atomic mass is 9.88. The van der Waals surface area contributed by atoms with Crippen LogP contribution < -0.4 is 10.5 Å². The van der Waals surface area contributed by atoms with Crippen molar-refractivity contribution in [2.24, 2.45) is 7.05 Å². The Morgan fingerprint density at radius 3 is 2.85 bits per heavy atom. The predicted octanol–water partition coefficient (Wildman–Crippen LogP) is 4.62. The highest BCUT2D eigenvalue weighted by Gasteiger charge is 2.36. The van der Waals surface area contributed by atoms with Gasteiger partial charge >= 0.3 is 0 Å². The number of pyridine rings is 1. The van der Waals surface area contributed by atoms with Gasteiger partial charge in [-0.1, -0.05) is 0 Å². The average molecular weight is 445 g/mol. The SMILES string of the molecule is CCn1nc2c3c1-c1cnc(N)c(c1)O[C@H](C)c1cc(F)ccc1-c1c(cnn1C)C3CC2. The molecule has 6 rings (SSSR count). The van der Waals surface area contributed by atoms with E-state index < -0.39 is 6.10 Å². The number of ether oxygens (including phenoxy) is 1. The van der Waals surface area contributed by atoms with Gasteiger partial charge in [-0.15, -0.1) is 0 Å². The molecule has 0 saturated heterocycles. The van der Waals surface area contributed by atoms with Gasteiger partial charge in [0.05, 0.1) is 23.3 Å². The second-order valence-corrected chi connectivity index (χ2v) is 8.79. The number of hydrogen-bond donors (Lipinski definition) is 1. The molecule has 3 aromatic heterocycles. The van der Waals surface area contributed by atoms with Crippen LogP contribution in [0.1, 0.15) is 54.7 Å². The number of rotatable bonds is 1. The maximum Gasteiger partial charge on any atom is 0.166 e. The lowest BCUT2D eigenvalue weighted by Gasteiger charge is -2.23. The molecule has 7 nitrogen and oxygen atoms in total. The number of hydrogen-bond acceptors (Lipinski definition) is 5. The highest BCUT2D eigenvalue weighted by molar-refractivity contribution is 5.74. The highest BCUT2D eigenvalue weighted by atomic mass is 19.1. The fourth-order valence-corrected chi connectivity index (χ4v) is 5.40. The molecule has 4 heterocycles. The molecule has 1 aromatic carbocycles. The van der Waals surface area contributed by atoms with Gasteiger partial charge in [0.15, 0.2) is 11.6 Å². The molecule has 0 spiro atoms. The third-order valence-corrected chi connectivity index (χ3v) is 6.89. The summed E-state index contributed by atoms with van der Waals surface area (Å²) in [6, 6.07) is 6.78. The molecule has 33 heavy (non-hydrogen) atoms. The average Bonchev–Trinajstić information content (AvgIpc) is 3.47.